The molecule has 0 bridgehead atoms. The molecule has 0 spiro atoms. The lowest BCUT2D eigenvalue weighted by Gasteiger charge is -2.01. The average Bonchev–Trinajstić information content (AvgIpc) is 2.33. The quantitative estimate of drug-likeness (QED) is 0.598. The molecular weight excluding hydrogens is 223 g/mol. The van der Waals surface area contributed by atoms with Gasteiger partial charge in [0.15, 0.2) is 0 Å². The average molecular weight is 232 g/mol. The van der Waals surface area contributed by atoms with E-state index in [2.05, 4.69) is 34.1 Å². The van der Waals surface area contributed by atoms with Crippen LogP contribution < -0.4 is 0 Å². The van der Waals surface area contributed by atoms with Crippen molar-refractivity contribution < 1.29 is 0 Å². The largest absolute Gasteiger partial charge is 0.118 e. The van der Waals surface area contributed by atoms with Crippen LogP contribution in [0.15, 0.2) is 22.7 Å². The minimum atomic E-state index is 0.238. The predicted molar refractivity (Wildman–Crippen MR) is 51.1 cm³/mol. The summed E-state index contributed by atoms with van der Waals surface area (Å²) in [4.78, 5) is 0. The van der Waals surface area contributed by atoms with E-state index < -0.39 is 0 Å². The Morgan fingerprint density at radius 3 is 3.09 bits per heavy atom. The summed E-state index contributed by atoms with van der Waals surface area (Å²) in [6.07, 6.45) is 2.23. The summed E-state index contributed by atoms with van der Waals surface area (Å²) >= 11 is 9.53. The zero-order valence-corrected chi connectivity index (χ0v) is 8.32. The van der Waals surface area contributed by atoms with Gasteiger partial charge in [0.05, 0.1) is 5.38 Å². The molecule has 0 saturated heterocycles. The zero-order valence-electron chi connectivity index (χ0n) is 5.98. The maximum absolute atomic E-state index is 6.09. The number of aryl methyl sites for hydroxylation is 1. The van der Waals surface area contributed by atoms with Crippen LogP contribution in [0.2, 0.25) is 0 Å². The fourth-order valence-electron chi connectivity index (χ4n) is 1.52. The molecule has 0 aromatic heterocycles. The lowest BCUT2D eigenvalue weighted by molar-refractivity contribution is 0.881. The number of fused-ring (bicyclic) bond motifs is 1. The van der Waals surface area contributed by atoms with E-state index in [0.717, 1.165) is 17.3 Å². The van der Waals surface area contributed by atoms with Gasteiger partial charge in [-0.15, -0.1) is 11.6 Å². The summed E-state index contributed by atoms with van der Waals surface area (Å²) in [5.41, 5.74) is 2.72. The van der Waals surface area contributed by atoms with Gasteiger partial charge in [-0.1, -0.05) is 22.0 Å². The molecule has 0 amide bonds. The SMILES string of the molecule is ClC1CCc2ccc(Br)cc21. The van der Waals surface area contributed by atoms with Gasteiger partial charge in [-0.05, 0) is 36.1 Å². The highest BCUT2D eigenvalue weighted by Gasteiger charge is 2.19. The Hall–Kier alpha value is -0.0100. The molecule has 1 aromatic carbocycles. The van der Waals surface area contributed by atoms with Gasteiger partial charge in [0, 0.05) is 4.47 Å². The summed E-state index contributed by atoms with van der Waals surface area (Å²) in [7, 11) is 0. The van der Waals surface area contributed by atoms with E-state index in [4.69, 9.17) is 11.6 Å². The van der Waals surface area contributed by atoms with Crippen LogP contribution >= 0.6 is 27.5 Å². The van der Waals surface area contributed by atoms with E-state index in [9.17, 15) is 0 Å². The van der Waals surface area contributed by atoms with Crippen molar-refractivity contribution in [1.82, 2.24) is 0 Å². The van der Waals surface area contributed by atoms with Crippen molar-refractivity contribution >= 4 is 27.5 Å². The number of alkyl halides is 1. The number of hydrogen-bond acceptors (Lipinski definition) is 0. The van der Waals surface area contributed by atoms with Crippen LogP contribution in [0.5, 0.6) is 0 Å². The van der Waals surface area contributed by atoms with Gasteiger partial charge < -0.3 is 0 Å². The Labute approximate surface area is 79.7 Å². The number of halogens is 2. The lowest BCUT2D eigenvalue weighted by atomic mass is 10.1. The molecule has 1 aliphatic carbocycles. The molecule has 2 rings (SSSR count). The number of benzene rings is 1. The van der Waals surface area contributed by atoms with Crippen molar-refractivity contribution in [3.8, 4) is 0 Å². The van der Waals surface area contributed by atoms with Crippen LogP contribution in [0.25, 0.3) is 0 Å². The molecular formula is C9H8BrCl. The van der Waals surface area contributed by atoms with E-state index >= 15 is 0 Å². The Balaban J connectivity index is 2.52. The third-order valence-corrected chi connectivity index (χ3v) is 3.06. The van der Waals surface area contributed by atoms with Crippen LogP contribution in [0.1, 0.15) is 22.9 Å². The van der Waals surface area contributed by atoms with Gasteiger partial charge in [-0.25, -0.2) is 0 Å². The topological polar surface area (TPSA) is 0 Å². The minimum Gasteiger partial charge on any atom is -0.118 e. The second-order valence-corrected chi connectivity index (χ2v) is 4.29. The molecule has 0 nitrogen and oxygen atoms in total. The van der Waals surface area contributed by atoms with Crippen molar-refractivity contribution in [1.29, 1.82) is 0 Å². The van der Waals surface area contributed by atoms with Crippen LogP contribution in [0.4, 0.5) is 0 Å². The third kappa shape index (κ3) is 1.32. The molecule has 1 aromatic rings. The van der Waals surface area contributed by atoms with Crippen LogP contribution in [0.3, 0.4) is 0 Å². The highest BCUT2D eigenvalue weighted by molar-refractivity contribution is 9.10. The van der Waals surface area contributed by atoms with Gasteiger partial charge in [-0.2, -0.15) is 0 Å². The molecule has 0 heterocycles. The van der Waals surface area contributed by atoms with E-state index in [1.165, 1.54) is 11.1 Å². The molecule has 58 valence electrons. The first-order valence-corrected chi connectivity index (χ1v) is 4.93. The van der Waals surface area contributed by atoms with Crippen molar-refractivity contribution in [3.05, 3.63) is 33.8 Å². The molecule has 0 N–H and O–H groups in total. The van der Waals surface area contributed by atoms with E-state index in [-0.39, 0.29) is 5.38 Å². The molecule has 0 aliphatic heterocycles. The maximum atomic E-state index is 6.09. The Bertz CT molecular complexity index is 283. The molecule has 0 saturated carbocycles. The normalized spacial score (nSPS) is 21.8. The molecule has 11 heavy (non-hydrogen) atoms. The Kier molecular flexibility index (Phi) is 1.94. The maximum Gasteiger partial charge on any atom is 0.0591 e. The highest BCUT2D eigenvalue weighted by Crippen LogP contribution is 2.37. The number of rotatable bonds is 0. The molecule has 1 atom stereocenters. The van der Waals surface area contributed by atoms with Gasteiger partial charge in [0.2, 0.25) is 0 Å². The summed E-state index contributed by atoms with van der Waals surface area (Å²) in [6, 6.07) is 6.36. The fraction of sp³-hybridized carbons (Fsp3) is 0.333. The van der Waals surface area contributed by atoms with E-state index in [1.54, 1.807) is 0 Å². The monoisotopic (exact) mass is 230 g/mol. The summed E-state index contributed by atoms with van der Waals surface area (Å²) in [5.74, 6) is 0. The van der Waals surface area contributed by atoms with Gasteiger partial charge in [-0.3, -0.25) is 0 Å². The van der Waals surface area contributed by atoms with Gasteiger partial charge in [0.1, 0.15) is 0 Å². The highest BCUT2D eigenvalue weighted by atomic mass is 79.9. The van der Waals surface area contributed by atoms with Crippen molar-refractivity contribution in [3.63, 3.8) is 0 Å². The zero-order chi connectivity index (χ0) is 7.84. The predicted octanol–water partition coefficient (Wildman–Crippen LogP) is 3.68. The van der Waals surface area contributed by atoms with Crippen LogP contribution in [-0.4, -0.2) is 0 Å². The minimum absolute atomic E-state index is 0.238. The van der Waals surface area contributed by atoms with Gasteiger partial charge >= 0.3 is 0 Å². The first-order valence-electron chi connectivity index (χ1n) is 3.70. The first kappa shape index (κ1) is 7.63. The Morgan fingerprint density at radius 2 is 2.27 bits per heavy atom. The van der Waals surface area contributed by atoms with E-state index in [0.29, 0.717) is 0 Å². The fourth-order valence-corrected chi connectivity index (χ4v) is 2.21. The summed E-state index contributed by atoms with van der Waals surface area (Å²) in [5, 5.41) is 0.238. The molecule has 2 heteroatoms. The second kappa shape index (κ2) is 2.80. The second-order valence-electron chi connectivity index (χ2n) is 2.85. The van der Waals surface area contributed by atoms with Crippen LogP contribution in [0, 0.1) is 0 Å². The van der Waals surface area contributed by atoms with E-state index in [1.807, 2.05) is 0 Å². The summed E-state index contributed by atoms with van der Waals surface area (Å²) in [6.45, 7) is 0. The van der Waals surface area contributed by atoms with Crippen LogP contribution in [-0.2, 0) is 6.42 Å². The molecule has 0 radical (unpaired) electrons. The summed E-state index contributed by atoms with van der Waals surface area (Å²) < 4.78 is 1.13. The number of hydrogen-bond donors (Lipinski definition) is 0. The van der Waals surface area contributed by atoms with Gasteiger partial charge in [0.25, 0.3) is 0 Å². The smallest absolute Gasteiger partial charge is 0.0591 e. The molecule has 0 fully saturated rings. The van der Waals surface area contributed by atoms with Crippen molar-refractivity contribution in [2.24, 2.45) is 0 Å². The van der Waals surface area contributed by atoms with Crippen molar-refractivity contribution in [2.75, 3.05) is 0 Å². The molecule has 1 aliphatic rings. The lowest BCUT2D eigenvalue weighted by Crippen LogP contribution is -1.82. The Morgan fingerprint density at radius 1 is 1.45 bits per heavy atom. The third-order valence-electron chi connectivity index (χ3n) is 2.11. The van der Waals surface area contributed by atoms with Crippen molar-refractivity contribution in [2.45, 2.75) is 18.2 Å². The standard InChI is InChI=1S/C9H8BrCl/c10-7-3-1-6-2-4-9(11)8(6)5-7/h1,3,5,9H,2,4H2. The first-order chi connectivity index (χ1) is 5.27. The molecule has 1 unspecified atom stereocenters.